The van der Waals surface area contributed by atoms with Gasteiger partial charge in [-0.1, -0.05) is 13.5 Å². The summed E-state index contributed by atoms with van der Waals surface area (Å²) in [5.41, 5.74) is 0. The fourth-order valence-corrected chi connectivity index (χ4v) is 0.795. The van der Waals surface area contributed by atoms with Gasteiger partial charge in [-0.15, -0.1) is 0 Å². The monoisotopic (exact) mass is 214 g/mol. The molecule has 0 aliphatic heterocycles. The molecule has 84 valence electrons. The quantitative estimate of drug-likeness (QED) is 0.385. The van der Waals surface area contributed by atoms with E-state index in [4.69, 9.17) is 0 Å². The Morgan fingerprint density at radius 2 is 2.00 bits per heavy atom. The van der Waals surface area contributed by atoms with E-state index < -0.39 is 23.8 Å². The largest absolute Gasteiger partial charge is 0.466 e. The topological polar surface area (TPSA) is 69.7 Å². The summed E-state index contributed by atoms with van der Waals surface area (Å²) in [7, 11) is 0. The smallest absolute Gasteiger partial charge is 0.337 e. The molecular formula is C10H14O5. The van der Waals surface area contributed by atoms with Crippen LogP contribution in [0.4, 0.5) is 0 Å². The van der Waals surface area contributed by atoms with Crippen molar-refractivity contribution in [2.45, 2.75) is 20.3 Å². The van der Waals surface area contributed by atoms with Crippen LogP contribution in [0.25, 0.3) is 0 Å². The van der Waals surface area contributed by atoms with Crippen LogP contribution in [0.1, 0.15) is 20.3 Å². The molecule has 1 atom stereocenters. The first-order valence-corrected chi connectivity index (χ1v) is 4.55. The third-order valence-corrected chi connectivity index (χ3v) is 1.55. The molecule has 0 aromatic heterocycles. The number of hydrogen-bond acceptors (Lipinski definition) is 5. The van der Waals surface area contributed by atoms with Crippen LogP contribution in [0.3, 0.4) is 0 Å². The number of hydrogen-bond donors (Lipinski definition) is 0. The lowest BCUT2D eigenvalue weighted by atomic mass is 10.1. The highest BCUT2D eigenvalue weighted by Gasteiger charge is 2.20. The van der Waals surface area contributed by atoms with Gasteiger partial charge in [0.1, 0.15) is 0 Å². The van der Waals surface area contributed by atoms with Gasteiger partial charge < -0.3 is 9.47 Å². The maximum absolute atomic E-state index is 11.2. The lowest BCUT2D eigenvalue weighted by Gasteiger charge is -2.08. The van der Waals surface area contributed by atoms with E-state index in [9.17, 15) is 14.4 Å². The predicted molar refractivity (Wildman–Crippen MR) is 51.7 cm³/mol. The Labute approximate surface area is 88.0 Å². The fourth-order valence-electron chi connectivity index (χ4n) is 0.795. The van der Waals surface area contributed by atoms with Gasteiger partial charge in [0.2, 0.25) is 0 Å². The summed E-state index contributed by atoms with van der Waals surface area (Å²) in [5.74, 6) is -2.77. The molecule has 0 aliphatic rings. The van der Waals surface area contributed by atoms with Gasteiger partial charge in [-0.3, -0.25) is 9.59 Å². The molecular weight excluding hydrogens is 200 g/mol. The van der Waals surface area contributed by atoms with Crippen LogP contribution in [-0.2, 0) is 23.9 Å². The highest BCUT2D eigenvalue weighted by Crippen LogP contribution is 2.06. The molecule has 15 heavy (non-hydrogen) atoms. The average molecular weight is 214 g/mol. The van der Waals surface area contributed by atoms with Gasteiger partial charge in [-0.2, -0.15) is 0 Å². The molecule has 5 heteroatoms. The summed E-state index contributed by atoms with van der Waals surface area (Å²) in [6.07, 6.45) is 0.784. The van der Waals surface area contributed by atoms with Crippen LogP contribution in [0.2, 0.25) is 0 Å². The summed E-state index contributed by atoms with van der Waals surface area (Å²) in [6, 6.07) is 0. The molecule has 0 rings (SSSR count). The minimum Gasteiger partial charge on any atom is -0.466 e. The molecule has 0 spiro atoms. The van der Waals surface area contributed by atoms with Gasteiger partial charge in [0.15, 0.2) is 0 Å². The third-order valence-electron chi connectivity index (χ3n) is 1.55. The molecule has 0 aromatic rings. The standard InChI is InChI=1S/C10H14O5/c1-4-8(11)15-10(13)7(3)6-9(12)14-5-2/h4,7H,1,5-6H2,2-3H3. The first-order chi connectivity index (χ1) is 7.01. The van der Waals surface area contributed by atoms with Gasteiger partial charge in [0, 0.05) is 6.08 Å². The molecule has 0 radical (unpaired) electrons. The lowest BCUT2D eigenvalue weighted by molar-refractivity contribution is -0.162. The molecule has 1 unspecified atom stereocenters. The minimum absolute atomic E-state index is 0.100. The van der Waals surface area contributed by atoms with Crippen molar-refractivity contribution in [3.63, 3.8) is 0 Å². The maximum atomic E-state index is 11.2. The fraction of sp³-hybridized carbons (Fsp3) is 0.500. The molecule has 0 amide bonds. The SMILES string of the molecule is C=CC(=O)OC(=O)C(C)CC(=O)OCC. The zero-order valence-electron chi connectivity index (χ0n) is 8.82. The number of carbonyl (C=O) groups excluding carboxylic acids is 3. The van der Waals surface area contributed by atoms with Crippen molar-refractivity contribution in [1.82, 2.24) is 0 Å². The second-order valence-electron chi connectivity index (χ2n) is 2.85. The van der Waals surface area contributed by atoms with Crippen molar-refractivity contribution in [2.75, 3.05) is 6.61 Å². The zero-order valence-corrected chi connectivity index (χ0v) is 8.82. The first-order valence-electron chi connectivity index (χ1n) is 4.55. The summed E-state index contributed by atoms with van der Waals surface area (Å²) in [5, 5.41) is 0. The first kappa shape index (κ1) is 13.4. The van der Waals surface area contributed by atoms with E-state index in [2.05, 4.69) is 16.1 Å². The molecule has 0 N–H and O–H groups in total. The molecule has 0 heterocycles. The van der Waals surface area contributed by atoms with Crippen LogP contribution in [0.5, 0.6) is 0 Å². The molecule has 0 saturated carbocycles. The van der Waals surface area contributed by atoms with Crippen molar-refractivity contribution in [3.05, 3.63) is 12.7 Å². The number of rotatable bonds is 5. The Kier molecular flexibility index (Phi) is 6.01. The normalized spacial score (nSPS) is 11.3. The second kappa shape index (κ2) is 6.75. The van der Waals surface area contributed by atoms with E-state index in [-0.39, 0.29) is 13.0 Å². The Morgan fingerprint density at radius 1 is 1.40 bits per heavy atom. The second-order valence-corrected chi connectivity index (χ2v) is 2.85. The molecule has 0 saturated heterocycles. The lowest BCUT2D eigenvalue weighted by Crippen LogP contribution is -2.21. The van der Waals surface area contributed by atoms with Gasteiger partial charge in [0.25, 0.3) is 0 Å². The van der Waals surface area contributed by atoms with Gasteiger partial charge in [0.05, 0.1) is 18.9 Å². The van der Waals surface area contributed by atoms with Gasteiger partial charge in [-0.05, 0) is 6.92 Å². The summed E-state index contributed by atoms with van der Waals surface area (Å²) < 4.78 is 8.98. The van der Waals surface area contributed by atoms with E-state index >= 15 is 0 Å². The molecule has 0 bridgehead atoms. The summed E-state index contributed by atoms with van der Waals surface area (Å²) >= 11 is 0. The predicted octanol–water partition coefficient (Wildman–Crippen LogP) is 0.831. The number of esters is 3. The van der Waals surface area contributed by atoms with Crippen LogP contribution >= 0.6 is 0 Å². The number of carbonyl (C=O) groups is 3. The molecule has 0 fully saturated rings. The van der Waals surface area contributed by atoms with Gasteiger partial charge in [-0.25, -0.2) is 4.79 Å². The van der Waals surface area contributed by atoms with E-state index in [0.717, 1.165) is 6.08 Å². The summed E-state index contributed by atoms with van der Waals surface area (Å²) in [6.45, 7) is 6.55. The number of ether oxygens (including phenoxy) is 2. The molecule has 5 nitrogen and oxygen atoms in total. The van der Waals surface area contributed by atoms with Crippen molar-refractivity contribution < 1.29 is 23.9 Å². The Hall–Kier alpha value is -1.65. The Morgan fingerprint density at radius 3 is 2.47 bits per heavy atom. The van der Waals surface area contributed by atoms with Crippen molar-refractivity contribution in [1.29, 1.82) is 0 Å². The highest BCUT2D eigenvalue weighted by molar-refractivity contribution is 5.93. The van der Waals surface area contributed by atoms with Crippen LogP contribution in [0.15, 0.2) is 12.7 Å². The highest BCUT2D eigenvalue weighted by atomic mass is 16.6. The van der Waals surface area contributed by atoms with Gasteiger partial charge >= 0.3 is 17.9 Å². The van der Waals surface area contributed by atoms with E-state index in [1.54, 1.807) is 6.92 Å². The minimum atomic E-state index is -0.823. The van der Waals surface area contributed by atoms with E-state index in [1.807, 2.05) is 0 Å². The van der Waals surface area contributed by atoms with Crippen molar-refractivity contribution >= 4 is 17.9 Å². The average Bonchev–Trinajstić information content (AvgIpc) is 2.17. The molecule has 0 aromatic carbocycles. The Bertz CT molecular complexity index is 269. The van der Waals surface area contributed by atoms with Crippen LogP contribution in [0, 0.1) is 5.92 Å². The summed E-state index contributed by atoms with van der Waals surface area (Å²) in [4.78, 5) is 32.8. The maximum Gasteiger partial charge on any atom is 0.337 e. The zero-order chi connectivity index (χ0) is 11.8. The molecule has 0 aliphatic carbocycles. The van der Waals surface area contributed by atoms with E-state index in [0.29, 0.717) is 0 Å². The van der Waals surface area contributed by atoms with E-state index in [1.165, 1.54) is 6.92 Å². The van der Waals surface area contributed by atoms with Crippen molar-refractivity contribution in [2.24, 2.45) is 5.92 Å². The third kappa shape index (κ3) is 5.61. The Balaban J connectivity index is 4.04. The van der Waals surface area contributed by atoms with Crippen LogP contribution < -0.4 is 0 Å². The van der Waals surface area contributed by atoms with Crippen molar-refractivity contribution in [3.8, 4) is 0 Å². The van der Waals surface area contributed by atoms with Crippen LogP contribution in [-0.4, -0.2) is 24.5 Å².